The third kappa shape index (κ3) is 5.26. The summed E-state index contributed by atoms with van der Waals surface area (Å²) in [6.45, 7) is 2.49. The molecule has 1 saturated heterocycles. The number of primary amides is 1. The predicted molar refractivity (Wildman–Crippen MR) is 128 cm³/mol. The maximum atomic E-state index is 12.8. The first-order valence-electron chi connectivity index (χ1n) is 11.7. The first-order chi connectivity index (χ1) is 16.3. The van der Waals surface area contributed by atoms with Crippen molar-refractivity contribution in [1.29, 1.82) is 0 Å². The molecule has 0 radical (unpaired) electrons. The van der Waals surface area contributed by atoms with Crippen molar-refractivity contribution >= 4 is 21.8 Å². The molecule has 1 aliphatic heterocycles. The van der Waals surface area contributed by atoms with Crippen molar-refractivity contribution in [2.24, 2.45) is 5.73 Å². The summed E-state index contributed by atoms with van der Waals surface area (Å²) in [6, 6.07) is 10.1. The Bertz CT molecular complexity index is 1190. The molecular formula is C25H31N3O5S. The summed E-state index contributed by atoms with van der Waals surface area (Å²) >= 11 is 0. The smallest absolute Gasteiger partial charge is 0.258 e. The van der Waals surface area contributed by atoms with Gasteiger partial charge in [0, 0.05) is 13.1 Å². The van der Waals surface area contributed by atoms with Crippen LogP contribution in [0.15, 0.2) is 41.3 Å². The van der Waals surface area contributed by atoms with E-state index in [-0.39, 0.29) is 34.8 Å². The van der Waals surface area contributed by atoms with Crippen molar-refractivity contribution in [2.75, 3.05) is 19.7 Å². The van der Waals surface area contributed by atoms with Gasteiger partial charge in [0.15, 0.2) is 6.61 Å². The second-order valence-corrected chi connectivity index (χ2v) is 10.9. The van der Waals surface area contributed by atoms with E-state index in [1.807, 2.05) is 13.0 Å². The van der Waals surface area contributed by atoms with Gasteiger partial charge in [-0.2, -0.15) is 4.31 Å². The van der Waals surface area contributed by atoms with Crippen LogP contribution in [0.3, 0.4) is 0 Å². The molecule has 34 heavy (non-hydrogen) atoms. The lowest BCUT2D eigenvalue weighted by atomic mass is 9.89. The fourth-order valence-electron chi connectivity index (χ4n) is 4.60. The maximum absolute atomic E-state index is 12.8. The molecule has 2 aromatic rings. The van der Waals surface area contributed by atoms with Gasteiger partial charge in [0.25, 0.3) is 11.8 Å². The number of rotatable bonds is 8. The first kappa shape index (κ1) is 24.2. The van der Waals surface area contributed by atoms with Crippen molar-refractivity contribution in [2.45, 2.75) is 56.4 Å². The fraction of sp³-hybridized carbons (Fsp3) is 0.440. The summed E-state index contributed by atoms with van der Waals surface area (Å²) in [5, 5.41) is 2.91. The standard InChI is InChI=1S/C25H31N3O5S/c1-17(19-9-8-18-6-2-3-7-20(18)14-19)27-24(29)16-33-23-11-10-21(15-22(23)25(26)30)34(31,32)28-12-4-5-13-28/h8-11,14-15,17H,2-7,12-13,16H2,1H3,(H2,26,30)(H,27,29). The van der Waals surface area contributed by atoms with Crippen LogP contribution in [0.4, 0.5) is 0 Å². The molecule has 8 nitrogen and oxygen atoms in total. The Kier molecular flexibility index (Phi) is 7.23. The monoisotopic (exact) mass is 485 g/mol. The molecule has 1 heterocycles. The van der Waals surface area contributed by atoms with Gasteiger partial charge in [-0.25, -0.2) is 8.42 Å². The molecule has 1 fully saturated rings. The number of aryl methyl sites for hydroxylation is 2. The lowest BCUT2D eigenvalue weighted by molar-refractivity contribution is -0.123. The van der Waals surface area contributed by atoms with Crippen LogP contribution < -0.4 is 15.8 Å². The normalized spacial score (nSPS) is 17.1. The van der Waals surface area contributed by atoms with Crippen molar-refractivity contribution in [1.82, 2.24) is 9.62 Å². The van der Waals surface area contributed by atoms with Crippen LogP contribution in [0.5, 0.6) is 5.75 Å². The average molecular weight is 486 g/mol. The van der Waals surface area contributed by atoms with Crippen LogP contribution >= 0.6 is 0 Å². The van der Waals surface area contributed by atoms with Gasteiger partial charge >= 0.3 is 0 Å². The molecule has 3 N–H and O–H groups in total. The topological polar surface area (TPSA) is 119 Å². The molecule has 9 heteroatoms. The minimum Gasteiger partial charge on any atom is -0.483 e. The van der Waals surface area contributed by atoms with E-state index in [9.17, 15) is 18.0 Å². The highest BCUT2D eigenvalue weighted by atomic mass is 32.2. The zero-order valence-corrected chi connectivity index (χ0v) is 20.2. The number of nitrogens with one attached hydrogen (secondary N) is 1. The van der Waals surface area contributed by atoms with E-state index < -0.39 is 15.9 Å². The number of carbonyl (C=O) groups is 2. The Morgan fingerprint density at radius 2 is 1.74 bits per heavy atom. The lowest BCUT2D eigenvalue weighted by Crippen LogP contribution is -2.32. The number of fused-ring (bicyclic) bond motifs is 1. The fourth-order valence-corrected chi connectivity index (χ4v) is 6.14. The van der Waals surface area contributed by atoms with E-state index in [2.05, 4.69) is 17.4 Å². The van der Waals surface area contributed by atoms with Gasteiger partial charge in [0.1, 0.15) is 5.75 Å². The number of sulfonamides is 1. The van der Waals surface area contributed by atoms with E-state index in [1.165, 1.54) is 46.5 Å². The van der Waals surface area contributed by atoms with Gasteiger partial charge in [-0.15, -0.1) is 0 Å². The van der Waals surface area contributed by atoms with Crippen LogP contribution in [-0.2, 0) is 27.7 Å². The molecule has 2 aliphatic rings. The van der Waals surface area contributed by atoms with Crippen molar-refractivity contribution in [3.63, 3.8) is 0 Å². The van der Waals surface area contributed by atoms with Crippen LogP contribution in [0.1, 0.15) is 65.7 Å². The summed E-state index contributed by atoms with van der Waals surface area (Å²) in [4.78, 5) is 24.5. The molecule has 0 spiro atoms. The number of ether oxygens (including phenoxy) is 1. The average Bonchev–Trinajstić information content (AvgIpc) is 3.38. The minimum absolute atomic E-state index is 0.0129. The van der Waals surface area contributed by atoms with E-state index in [1.54, 1.807) is 0 Å². The Balaban J connectivity index is 1.41. The number of amides is 2. The molecule has 4 rings (SSSR count). The Morgan fingerprint density at radius 3 is 2.44 bits per heavy atom. The van der Waals surface area contributed by atoms with Gasteiger partial charge in [0.2, 0.25) is 10.0 Å². The quantitative estimate of drug-likeness (QED) is 0.596. The number of hydrogen-bond acceptors (Lipinski definition) is 5. The third-order valence-corrected chi connectivity index (χ3v) is 8.42. The Labute approximate surface area is 200 Å². The van der Waals surface area contributed by atoms with Gasteiger partial charge in [-0.05, 0) is 80.3 Å². The zero-order chi connectivity index (χ0) is 24.3. The van der Waals surface area contributed by atoms with E-state index in [0.29, 0.717) is 13.1 Å². The van der Waals surface area contributed by atoms with E-state index in [4.69, 9.17) is 10.5 Å². The van der Waals surface area contributed by atoms with Crippen LogP contribution in [-0.4, -0.2) is 44.2 Å². The zero-order valence-electron chi connectivity index (χ0n) is 19.4. The first-order valence-corrected chi connectivity index (χ1v) is 13.2. The van der Waals surface area contributed by atoms with Gasteiger partial charge < -0.3 is 15.8 Å². The summed E-state index contributed by atoms with van der Waals surface area (Å²) in [6.07, 6.45) is 6.18. The Hall–Kier alpha value is -2.91. The number of nitrogens with two attached hydrogens (primary N) is 1. The maximum Gasteiger partial charge on any atom is 0.258 e. The molecule has 0 aromatic heterocycles. The largest absolute Gasteiger partial charge is 0.483 e. The van der Waals surface area contributed by atoms with Crippen LogP contribution in [0.2, 0.25) is 0 Å². The molecule has 2 aromatic carbocycles. The van der Waals surface area contributed by atoms with Crippen molar-refractivity contribution in [3.8, 4) is 5.75 Å². The summed E-state index contributed by atoms with van der Waals surface area (Å²) in [5.74, 6) is -1.10. The second-order valence-electron chi connectivity index (χ2n) is 8.95. The minimum atomic E-state index is -3.71. The Morgan fingerprint density at radius 1 is 1.03 bits per heavy atom. The van der Waals surface area contributed by atoms with Gasteiger partial charge in [-0.1, -0.05) is 18.2 Å². The summed E-state index contributed by atoms with van der Waals surface area (Å²) < 4.78 is 32.6. The number of benzene rings is 2. The SMILES string of the molecule is CC(NC(=O)COc1ccc(S(=O)(=O)N2CCCC2)cc1C(N)=O)c1ccc2c(c1)CCCC2. The van der Waals surface area contributed by atoms with Crippen molar-refractivity contribution < 1.29 is 22.7 Å². The van der Waals surface area contributed by atoms with E-state index >= 15 is 0 Å². The highest BCUT2D eigenvalue weighted by Gasteiger charge is 2.28. The number of hydrogen-bond donors (Lipinski definition) is 2. The molecular weight excluding hydrogens is 454 g/mol. The lowest BCUT2D eigenvalue weighted by Gasteiger charge is -2.20. The second kappa shape index (κ2) is 10.1. The molecule has 2 amide bonds. The molecule has 182 valence electrons. The highest BCUT2D eigenvalue weighted by Crippen LogP contribution is 2.27. The third-order valence-electron chi connectivity index (χ3n) is 6.53. The molecule has 1 aliphatic carbocycles. The molecule has 1 atom stereocenters. The molecule has 0 bridgehead atoms. The number of nitrogens with zero attached hydrogens (tertiary/aromatic N) is 1. The van der Waals surface area contributed by atoms with Gasteiger partial charge in [0.05, 0.1) is 16.5 Å². The molecule has 0 saturated carbocycles. The van der Waals surface area contributed by atoms with Crippen LogP contribution in [0, 0.1) is 0 Å². The van der Waals surface area contributed by atoms with Gasteiger partial charge in [-0.3, -0.25) is 9.59 Å². The summed E-state index contributed by atoms with van der Waals surface area (Å²) in [5.41, 5.74) is 9.15. The van der Waals surface area contributed by atoms with Crippen LogP contribution in [0.25, 0.3) is 0 Å². The van der Waals surface area contributed by atoms with Crippen molar-refractivity contribution in [3.05, 3.63) is 58.7 Å². The highest BCUT2D eigenvalue weighted by molar-refractivity contribution is 7.89. The number of carbonyl (C=O) groups excluding carboxylic acids is 2. The van der Waals surface area contributed by atoms with E-state index in [0.717, 1.165) is 31.2 Å². The predicted octanol–water partition coefficient (Wildman–Crippen LogP) is 2.71. The summed E-state index contributed by atoms with van der Waals surface area (Å²) in [7, 11) is -3.71. The molecule has 1 unspecified atom stereocenters.